The summed E-state index contributed by atoms with van der Waals surface area (Å²) in [5.74, 6) is -1.13. The van der Waals surface area contributed by atoms with E-state index in [0.717, 1.165) is 0 Å². The van der Waals surface area contributed by atoms with E-state index in [4.69, 9.17) is 14.7 Å². The summed E-state index contributed by atoms with van der Waals surface area (Å²) in [7, 11) is 0. The molecule has 1 heterocycles. The number of rotatable bonds is 1. The Bertz CT molecular complexity index is 204. The van der Waals surface area contributed by atoms with Gasteiger partial charge in [-0.05, 0) is 20.8 Å². The van der Waals surface area contributed by atoms with Gasteiger partial charge in [-0.2, -0.15) is 0 Å². The minimum Gasteiger partial charge on any atom is -0.349 e. The topological polar surface area (TPSA) is 67.8 Å². The molecule has 76 valence electrons. The second-order valence-corrected chi connectivity index (χ2v) is 3.98. The zero-order valence-corrected chi connectivity index (χ0v) is 8.09. The number of hydrogen-bond acceptors (Lipinski definition) is 4. The second-order valence-electron chi connectivity index (χ2n) is 3.98. The summed E-state index contributed by atoms with van der Waals surface area (Å²) in [5.41, 5.74) is 0.802. The van der Waals surface area contributed by atoms with Crippen LogP contribution in [0.1, 0.15) is 20.8 Å². The van der Waals surface area contributed by atoms with Gasteiger partial charge in [0.2, 0.25) is 0 Å². The molecule has 1 aliphatic rings. The molecule has 0 unspecified atom stereocenters. The fraction of sp³-hybridized carbons (Fsp3) is 0.875. The van der Waals surface area contributed by atoms with Crippen molar-refractivity contribution in [2.75, 3.05) is 13.2 Å². The number of amides is 1. The predicted molar refractivity (Wildman–Crippen MR) is 44.0 cm³/mol. The zero-order valence-electron chi connectivity index (χ0n) is 8.09. The van der Waals surface area contributed by atoms with E-state index in [1.165, 1.54) is 0 Å². The summed E-state index contributed by atoms with van der Waals surface area (Å²) >= 11 is 0. The van der Waals surface area contributed by atoms with Crippen LogP contribution in [0.25, 0.3) is 0 Å². The van der Waals surface area contributed by atoms with E-state index in [2.05, 4.69) is 0 Å². The first kappa shape index (κ1) is 10.4. The molecule has 0 aromatic carbocycles. The van der Waals surface area contributed by atoms with Crippen molar-refractivity contribution >= 4 is 5.91 Å². The Morgan fingerprint density at radius 1 is 1.31 bits per heavy atom. The predicted octanol–water partition coefficient (Wildman–Crippen LogP) is 0.281. The Hall–Kier alpha value is -0.650. The molecule has 1 rings (SSSR count). The van der Waals surface area contributed by atoms with Crippen LogP contribution in [0.5, 0.6) is 0 Å². The van der Waals surface area contributed by atoms with E-state index < -0.39 is 17.1 Å². The highest BCUT2D eigenvalue weighted by Gasteiger charge is 2.41. The molecule has 13 heavy (non-hydrogen) atoms. The van der Waals surface area contributed by atoms with Crippen LogP contribution in [0, 0.1) is 5.41 Å². The van der Waals surface area contributed by atoms with Gasteiger partial charge in [0.05, 0.1) is 18.6 Å². The molecule has 1 amide bonds. The quantitative estimate of drug-likeness (QED) is 0.459. The maximum atomic E-state index is 11.2. The van der Waals surface area contributed by atoms with Crippen molar-refractivity contribution in [1.82, 2.24) is 5.48 Å². The maximum absolute atomic E-state index is 11.2. The van der Waals surface area contributed by atoms with Crippen molar-refractivity contribution in [3.05, 3.63) is 0 Å². The van der Waals surface area contributed by atoms with Crippen LogP contribution in [-0.4, -0.2) is 30.1 Å². The Morgan fingerprint density at radius 2 is 1.77 bits per heavy atom. The maximum Gasteiger partial charge on any atom is 0.253 e. The third kappa shape index (κ3) is 2.18. The zero-order chi connectivity index (χ0) is 10.1. The largest absolute Gasteiger partial charge is 0.349 e. The van der Waals surface area contributed by atoms with E-state index in [0.29, 0.717) is 0 Å². The third-order valence-corrected chi connectivity index (χ3v) is 2.13. The average Bonchev–Trinajstić information content (AvgIpc) is 2.09. The first-order chi connectivity index (χ1) is 5.90. The first-order valence-corrected chi connectivity index (χ1v) is 4.12. The number of hydrogen-bond donors (Lipinski definition) is 2. The van der Waals surface area contributed by atoms with Gasteiger partial charge in [-0.25, -0.2) is 5.48 Å². The molecular weight excluding hydrogens is 174 g/mol. The van der Waals surface area contributed by atoms with E-state index >= 15 is 0 Å². The van der Waals surface area contributed by atoms with Crippen LogP contribution in [0.2, 0.25) is 0 Å². The second kappa shape index (κ2) is 3.25. The van der Waals surface area contributed by atoms with Gasteiger partial charge in [0.25, 0.3) is 5.91 Å². The minimum atomic E-state index is -0.801. The van der Waals surface area contributed by atoms with Gasteiger partial charge in [0, 0.05) is 0 Å². The molecule has 1 fully saturated rings. The van der Waals surface area contributed by atoms with Gasteiger partial charge in [0.15, 0.2) is 5.79 Å². The summed E-state index contributed by atoms with van der Waals surface area (Å²) < 4.78 is 10.6. The molecule has 5 heteroatoms. The lowest BCUT2D eigenvalue weighted by molar-refractivity contribution is -0.278. The standard InChI is InChI=1S/C8H15NO4/c1-7(2)12-4-8(3,5-13-7)6(10)9-11/h11H,4-5H2,1-3H3,(H,9,10). The summed E-state index contributed by atoms with van der Waals surface area (Å²) in [4.78, 5) is 11.2. The Labute approximate surface area is 77.0 Å². The highest BCUT2D eigenvalue weighted by molar-refractivity contribution is 5.81. The van der Waals surface area contributed by atoms with Crippen molar-refractivity contribution in [1.29, 1.82) is 0 Å². The summed E-state index contributed by atoms with van der Waals surface area (Å²) in [5, 5.41) is 8.47. The van der Waals surface area contributed by atoms with Crippen molar-refractivity contribution in [3.8, 4) is 0 Å². The van der Waals surface area contributed by atoms with E-state index in [9.17, 15) is 4.79 Å². The molecule has 0 saturated carbocycles. The molecule has 1 aliphatic heterocycles. The SMILES string of the molecule is CC1(C)OCC(C)(C(=O)NO)CO1. The van der Waals surface area contributed by atoms with Crippen LogP contribution < -0.4 is 5.48 Å². The monoisotopic (exact) mass is 189 g/mol. The van der Waals surface area contributed by atoms with Crippen molar-refractivity contribution in [2.45, 2.75) is 26.6 Å². The lowest BCUT2D eigenvalue weighted by atomic mass is 9.91. The first-order valence-electron chi connectivity index (χ1n) is 4.12. The average molecular weight is 189 g/mol. The molecule has 0 aromatic heterocycles. The molecule has 0 atom stereocenters. The van der Waals surface area contributed by atoms with Crippen molar-refractivity contribution < 1.29 is 19.5 Å². The molecular formula is C8H15NO4. The number of nitrogens with one attached hydrogen (secondary N) is 1. The van der Waals surface area contributed by atoms with Gasteiger partial charge in [-0.15, -0.1) is 0 Å². The molecule has 0 aromatic rings. The summed E-state index contributed by atoms with van der Waals surface area (Å²) in [6.45, 7) is 5.72. The van der Waals surface area contributed by atoms with Gasteiger partial charge >= 0.3 is 0 Å². The fourth-order valence-electron chi connectivity index (χ4n) is 1.02. The Kier molecular flexibility index (Phi) is 2.61. The highest BCUT2D eigenvalue weighted by Crippen LogP contribution is 2.29. The number of carbonyl (C=O) groups is 1. The Morgan fingerprint density at radius 3 is 2.15 bits per heavy atom. The summed E-state index contributed by atoms with van der Waals surface area (Å²) in [6.07, 6.45) is 0. The lowest BCUT2D eigenvalue weighted by Crippen LogP contribution is -2.52. The fourth-order valence-corrected chi connectivity index (χ4v) is 1.02. The van der Waals surface area contributed by atoms with Gasteiger partial charge < -0.3 is 9.47 Å². The van der Waals surface area contributed by atoms with Crippen molar-refractivity contribution in [3.63, 3.8) is 0 Å². The molecule has 0 radical (unpaired) electrons. The van der Waals surface area contributed by atoms with Crippen molar-refractivity contribution in [2.24, 2.45) is 5.41 Å². The van der Waals surface area contributed by atoms with Crippen LogP contribution in [0.4, 0.5) is 0 Å². The van der Waals surface area contributed by atoms with Gasteiger partial charge in [0.1, 0.15) is 0 Å². The molecule has 1 saturated heterocycles. The number of carbonyl (C=O) groups excluding carboxylic acids is 1. The normalized spacial score (nSPS) is 25.2. The van der Waals surface area contributed by atoms with Gasteiger partial charge in [-0.1, -0.05) is 0 Å². The van der Waals surface area contributed by atoms with E-state index in [1.807, 2.05) is 0 Å². The number of ether oxygens (including phenoxy) is 2. The lowest BCUT2D eigenvalue weighted by Gasteiger charge is -2.39. The molecule has 5 nitrogen and oxygen atoms in total. The Balaban J connectivity index is 2.61. The van der Waals surface area contributed by atoms with Crippen LogP contribution >= 0.6 is 0 Å². The van der Waals surface area contributed by atoms with E-state index in [-0.39, 0.29) is 13.2 Å². The number of hydroxylamine groups is 1. The molecule has 2 N–H and O–H groups in total. The smallest absolute Gasteiger partial charge is 0.253 e. The van der Waals surface area contributed by atoms with Crippen LogP contribution in [-0.2, 0) is 14.3 Å². The third-order valence-electron chi connectivity index (χ3n) is 2.13. The van der Waals surface area contributed by atoms with Crippen LogP contribution in [0.15, 0.2) is 0 Å². The molecule has 0 bridgehead atoms. The summed E-state index contributed by atoms with van der Waals surface area (Å²) in [6, 6.07) is 0. The highest BCUT2D eigenvalue weighted by atomic mass is 16.7. The van der Waals surface area contributed by atoms with Gasteiger partial charge in [-0.3, -0.25) is 10.0 Å². The molecule has 0 spiro atoms. The van der Waals surface area contributed by atoms with Crippen LogP contribution in [0.3, 0.4) is 0 Å². The minimum absolute atomic E-state index is 0.242. The van der Waals surface area contributed by atoms with E-state index in [1.54, 1.807) is 26.3 Å². The molecule has 0 aliphatic carbocycles.